The summed E-state index contributed by atoms with van der Waals surface area (Å²) in [6, 6.07) is 81.4. The average molecular weight is 700 g/mol. The molecule has 0 unspecified atom stereocenters. The highest BCUT2D eigenvalue weighted by molar-refractivity contribution is 6.05. The lowest BCUT2D eigenvalue weighted by Gasteiger charge is -2.27. The predicted octanol–water partition coefficient (Wildman–Crippen LogP) is 15.3. The van der Waals surface area contributed by atoms with E-state index in [0.717, 1.165) is 17.1 Å². The van der Waals surface area contributed by atoms with Gasteiger partial charge in [0.25, 0.3) is 0 Å². The van der Waals surface area contributed by atoms with E-state index in [1.165, 1.54) is 76.8 Å². The van der Waals surface area contributed by atoms with Crippen molar-refractivity contribution in [2.45, 2.75) is 0 Å². The fourth-order valence-electron chi connectivity index (χ4n) is 8.08. The Morgan fingerprint density at radius 2 is 0.727 bits per heavy atom. The van der Waals surface area contributed by atoms with Crippen LogP contribution in [0.15, 0.2) is 224 Å². The second kappa shape index (κ2) is 14.0. The average Bonchev–Trinajstić information content (AvgIpc) is 3.27. The van der Waals surface area contributed by atoms with Crippen LogP contribution in [0.3, 0.4) is 0 Å². The van der Waals surface area contributed by atoms with Gasteiger partial charge >= 0.3 is 0 Å². The van der Waals surface area contributed by atoms with Crippen LogP contribution in [-0.4, -0.2) is 0 Å². The molecule has 10 rings (SSSR count). The quantitative estimate of drug-likeness (QED) is 0.160. The molecule has 0 aliphatic rings. The summed E-state index contributed by atoms with van der Waals surface area (Å²) in [5.74, 6) is 0. The summed E-state index contributed by atoms with van der Waals surface area (Å²) in [6.45, 7) is 0. The van der Waals surface area contributed by atoms with Crippen molar-refractivity contribution in [1.82, 2.24) is 0 Å². The number of nitrogens with zero attached hydrogens (tertiary/aromatic N) is 1. The summed E-state index contributed by atoms with van der Waals surface area (Å²) in [5.41, 5.74) is 13.1. The lowest BCUT2D eigenvalue weighted by molar-refractivity contribution is 1.30. The van der Waals surface area contributed by atoms with Crippen molar-refractivity contribution in [3.63, 3.8) is 0 Å². The second-order valence-corrected chi connectivity index (χ2v) is 14.1. The van der Waals surface area contributed by atoms with E-state index in [9.17, 15) is 0 Å². The first-order chi connectivity index (χ1) is 27.3. The molecule has 0 bridgehead atoms. The monoisotopic (exact) mass is 699 g/mol. The van der Waals surface area contributed by atoms with E-state index < -0.39 is 0 Å². The van der Waals surface area contributed by atoms with Gasteiger partial charge in [-0.15, -0.1) is 0 Å². The van der Waals surface area contributed by atoms with E-state index in [0.29, 0.717) is 0 Å². The lowest BCUT2D eigenvalue weighted by Crippen LogP contribution is -2.10. The Bertz CT molecular complexity index is 2940. The van der Waals surface area contributed by atoms with Gasteiger partial charge in [0.1, 0.15) is 0 Å². The van der Waals surface area contributed by atoms with E-state index >= 15 is 0 Å². The molecule has 0 radical (unpaired) electrons. The summed E-state index contributed by atoms with van der Waals surface area (Å²) in [5, 5.41) is 7.44. The van der Waals surface area contributed by atoms with Crippen LogP contribution in [0.1, 0.15) is 0 Å². The molecule has 0 N–H and O–H groups in total. The van der Waals surface area contributed by atoms with Gasteiger partial charge in [0.15, 0.2) is 0 Å². The lowest BCUT2D eigenvalue weighted by atomic mass is 9.89. The molecule has 0 saturated carbocycles. The second-order valence-electron chi connectivity index (χ2n) is 14.1. The first-order valence-corrected chi connectivity index (χ1v) is 18.9. The Balaban J connectivity index is 1.03. The maximum atomic E-state index is 2.39. The van der Waals surface area contributed by atoms with Crippen LogP contribution in [0, 0.1) is 0 Å². The summed E-state index contributed by atoms with van der Waals surface area (Å²) >= 11 is 0. The number of rotatable bonds is 7. The first kappa shape index (κ1) is 32.4. The molecule has 55 heavy (non-hydrogen) atoms. The minimum Gasteiger partial charge on any atom is -0.310 e. The smallest absolute Gasteiger partial charge is 0.0540 e. The van der Waals surface area contributed by atoms with E-state index in [-0.39, 0.29) is 0 Å². The molecule has 258 valence electrons. The number of benzene rings is 10. The Kier molecular flexibility index (Phi) is 8.24. The molecule has 0 atom stereocenters. The first-order valence-electron chi connectivity index (χ1n) is 18.9. The Morgan fingerprint density at radius 1 is 0.255 bits per heavy atom. The standard InChI is InChI=1S/C54H37N/c1-2-12-43(13-3-1)52-36-31-44-15-7-9-19-51(44)54(52)45-29-34-49(35-30-45)55(53-20-10-17-42-14-6-8-18-50(42)53)48-32-27-40(28-33-48)39-21-23-41(24-22-39)47-26-25-38-11-4-5-16-46(38)37-47/h1-37H. The minimum atomic E-state index is 1.11. The van der Waals surface area contributed by atoms with Crippen LogP contribution in [0.5, 0.6) is 0 Å². The molecule has 1 nitrogen and oxygen atoms in total. The zero-order chi connectivity index (χ0) is 36.6. The summed E-state index contributed by atoms with van der Waals surface area (Å²) in [4.78, 5) is 2.39. The van der Waals surface area contributed by atoms with Crippen LogP contribution >= 0.6 is 0 Å². The van der Waals surface area contributed by atoms with Gasteiger partial charge in [-0.3, -0.25) is 0 Å². The van der Waals surface area contributed by atoms with Crippen molar-refractivity contribution < 1.29 is 0 Å². The Labute approximate surface area is 322 Å². The number of hydrogen-bond acceptors (Lipinski definition) is 1. The van der Waals surface area contributed by atoms with E-state index in [1.54, 1.807) is 0 Å². The maximum Gasteiger partial charge on any atom is 0.0540 e. The Hall–Kier alpha value is -7.22. The zero-order valence-corrected chi connectivity index (χ0v) is 30.3. The van der Waals surface area contributed by atoms with E-state index in [2.05, 4.69) is 229 Å². The highest BCUT2D eigenvalue weighted by atomic mass is 15.1. The maximum absolute atomic E-state index is 2.39. The van der Waals surface area contributed by atoms with Gasteiger partial charge in [-0.2, -0.15) is 0 Å². The van der Waals surface area contributed by atoms with Crippen molar-refractivity contribution in [1.29, 1.82) is 0 Å². The van der Waals surface area contributed by atoms with Crippen molar-refractivity contribution in [2.75, 3.05) is 4.90 Å². The van der Waals surface area contributed by atoms with E-state index in [4.69, 9.17) is 0 Å². The summed E-state index contributed by atoms with van der Waals surface area (Å²) in [6.07, 6.45) is 0. The molecule has 0 fully saturated rings. The van der Waals surface area contributed by atoms with Crippen molar-refractivity contribution in [3.05, 3.63) is 224 Å². The van der Waals surface area contributed by atoms with Gasteiger partial charge < -0.3 is 4.90 Å². The van der Waals surface area contributed by atoms with Gasteiger partial charge in [0.05, 0.1) is 5.69 Å². The number of hydrogen-bond donors (Lipinski definition) is 0. The molecule has 1 heteroatoms. The van der Waals surface area contributed by atoms with Gasteiger partial charge in [-0.1, -0.05) is 188 Å². The largest absolute Gasteiger partial charge is 0.310 e. The van der Waals surface area contributed by atoms with Gasteiger partial charge in [-0.05, 0) is 108 Å². The zero-order valence-electron chi connectivity index (χ0n) is 30.3. The third-order valence-corrected chi connectivity index (χ3v) is 10.9. The van der Waals surface area contributed by atoms with Gasteiger partial charge in [0, 0.05) is 16.8 Å². The number of fused-ring (bicyclic) bond motifs is 3. The van der Waals surface area contributed by atoms with Gasteiger partial charge in [-0.25, -0.2) is 0 Å². The summed E-state index contributed by atoms with van der Waals surface area (Å²) in [7, 11) is 0. The molecule has 10 aromatic carbocycles. The fourth-order valence-corrected chi connectivity index (χ4v) is 8.08. The van der Waals surface area contributed by atoms with Crippen molar-refractivity contribution in [3.8, 4) is 44.5 Å². The highest BCUT2D eigenvalue weighted by Crippen LogP contribution is 2.43. The SMILES string of the molecule is c1ccc(-c2ccc3ccccc3c2-c2ccc(N(c3ccc(-c4ccc(-c5ccc6ccccc6c5)cc4)cc3)c3cccc4ccccc34)cc2)cc1. The third kappa shape index (κ3) is 6.12. The highest BCUT2D eigenvalue weighted by Gasteiger charge is 2.17. The molecular formula is C54H37N. The normalized spacial score (nSPS) is 11.3. The molecule has 0 aliphatic carbocycles. The van der Waals surface area contributed by atoms with Crippen LogP contribution < -0.4 is 4.90 Å². The molecule has 0 aromatic heterocycles. The topological polar surface area (TPSA) is 3.24 Å². The molecule has 0 heterocycles. The molecular weight excluding hydrogens is 663 g/mol. The van der Waals surface area contributed by atoms with Crippen LogP contribution in [0.2, 0.25) is 0 Å². The summed E-state index contributed by atoms with van der Waals surface area (Å²) < 4.78 is 0. The van der Waals surface area contributed by atoms with Gasteiger partial charge in [0.2, 0.25) is 0 Å². The molecule has 0 saturated heterocycles. The number of anilines is 3. The van der Waals surface area contributed by atoms with E-state index in [1.807, 2.05) is 0 Å². The predicted molar refractivity (Wildman–Crippen MR) is 235 cm³/mol. The fraction of sp³-hybridized carbons (Fsp3) is 0. The third-order valence-electron chi connectivity index (χ3n) is 10.9. The molecule has 0 spiro atoms. The minimum absolute atomic E-state index is 1.11. The van der Waals surface area contributed by atoms with Crippen LogP contribution in [-0.2, 0) is 0 Å². The molecule has 0 amide bonds. The van der Waals surface area contributed by atoms with Crippen molar-refractivity contribution in [2.24, 2.45) is 0 Å². The van der Waals surface area contributed by atoms with Crippen molar-refractivity contribution >= 4 is 49.4 Å². The Morgan fingerprint density at radius 3 is 1.42 bits per heavy atom. The molecule has 0 aliphatic heterocycles. The van der Waals surface area contributed by atoms with Crippen LogP contribution in [0.25, 0.3) is 76.8 Å². The molecule has 10 aromatic rings. The van der Waals surface area contributed by atoms with Crippen LogP contribution in [0.4, 0.5) is 17.1 Å².